The maximum Gasteiger partial charge on any atom is 0.303 e. The van der Waals surface area contributed by atoms with E-state index in [4.69, 9.17) is 10.4 Å². The molecule has 8 heteroatoms. The lowest BCUT2D eigenvalue weighted by molar-refractivity contribution is -0.137. The third kappa shape index (κ3) is 5.03. The monoisotopic (exact) mass is 283 g/mol. The Bertz CT molecular complexity index is 575. The Morgan fingerprint density at radius 3 is 2.68 bits per heavy atom. The van der Waals surface area contributed by atoms with Crippen LogP contribution in [-0.4, -0.2) is 31.0 Å². The molecule has 1 rings (SSSR count). The number of nitriles is 1. The van der Waals surface area contributed by atoms with E-state index < -0.39 is 16.0 Å². The Morgan fingerprint density at radius 2 is 2.16 bits per heavy atom. The van der Waals surface area contributed by atoms with Gasteiger partial charge in [-0.3, -0.25) is 4.79 Å². The molecule has 1 aromatic heterocycles. The van der Waals surface area contributed by atoms with Gasteiger partial charge in [0.2, 0.25) is 10.0 Å². The first-order valence-corrected chi connectivity index (χ1v) is 7.01. The quantitative estimate of drug-likeness (QED) is 0.702. The summed E-state index contributed by atoms with van der Waals surface area (Å²) in [6.07, 6.45) is 1.97. The van der Waals surface area contributed by atoms with Crippen LogP contribution in [0, 0.1) is 11.3 Å². The van der Waals surface area contributed by atoms with Gasteiger partial charge in [-0.05, 0) is 25.0 Å². The van der Waals surface area contributed by atoms with Crippen LogP contribution in [0.4, 0.5) is 0 Å². The van der Waals surface area contributed by atoms with Crippen molar-refractivity contribution in [2.75, 3.05) is 6.54 Å². The van der Waals surface area contributed by atoms with E-state index in [-0.39, 0.29) is 23.6 Å². The van der Waals surface area contributed by atoms with E-state index in [1.807, 2.05) is 0 Å². The number of hydrogen-bond donors (Lipinski definition) is 2. The highest BCUT2D eigenvalue weighted by atomic mass is 32.2. The number of pyridine rings is 1. The van der Waals surface area contributed by atoms with Crippen LogP contribution in [0.2, 0.25) is 0 Å². The fraction of sp³-hybridized carbons (Fsp3) is 0.364. The number of nitrogens with zero attached hydrogens (tertiary/aromatic N) is 2. The van der Waals surface area contributed by atoms with E-state index in [0.29, 0.717) is 12.8 Å². The summed E-state index contributed by atoms with van der Waals surface area (Å²) in [5, 5.41) is 17.0. The molecule has 0 fully saturated rings. The molecule has 1 aromatic rings. The van der Waals surface area contributed by atoms with Crippen LogP contribution in [0.5, 0.6) is 0 Å². The molecular formula is C11H13N3O4S. The van der Waals surface area contributed by atoms with Crippen LogP contribution >= 0.6 is 0 Å². The Labute approximate surface area is 110 Å². The number of carboxylic acid groups (broad SMARTS) is 1. The van der Waals surface area contributed by atoms with E-state index in [1.54, 1.807) is 6.07 Å². The Kier molecular flexibility index (Phi) is 5.41. The van der Waals surface area contributed by atoms with Gasteiger partial charge in [0.15, 0.2) is 0 Å². The second-order valence-corrected chi connectivity index (χ2v) is 5.51. The number of carboxylic acids is 1. The highest BCUT2D eigenvalue weighted by Gasteiger charge is 2.13. The molecule has 0 atom stereocenters. The molecule has 0 aliphatic heterocycles. The fourth-order valence-corrected chi connectivity index (χ4v) is 2.31. The van der Waals surface area contributed by atoms with Gasteiger partial charge >= 0.3 is 5.97 Å². The smallest absolute Gasteiger partial charge is 0.303 e. The second-order valence-electron chi connectivity index (χ2n) is 3.74. The third-order valence-corrected chi connectivity index (χ3v) is 3.72. The first kappa shape index (κ1) is 15.1. The van der Waals surface area contributed by atoms with Gasteiger partial charge < -0.3 is 5.11 Å². The van der Waals surface area contributed by atoms with E-state index in [2.05, 4.69) is 9.71 Å². The first-order chi connectivity index (χ1) is 8.95. The zero-order valence-electron chi connectivity index (χ0n) is 10.0. The molecule has 0 aliphatic rings. The number of aromatic nitrogens is 1. The molecule has 0 amide bonds. The molecule has 0 aromatic carbocycles. The van der Waals surface area contributed by atoms with Gasteiger partial charge in [0.25, 0.3) is 0 Å². The molecule has 19 heavy (non-hydrogen) atoms. The summed E-state index contributed by atoms with van der Waals surface area (Å²) in [4.78, 5) is 13.9. The van der Waals surface area contributed by atoms with Crippen molar-refractivity contribution in [1.82, 2.24) is 9.71 Å². The van der Waals surface area contributed by atoms with Gasteiger partial charge in [0.1, 0.15) is 16.7 Å². The number of hydrogen-bond acceptors (Lipinski definition) is 5. The van der Waals surface area contributed by atoms with E-state index in [0.717, 1.165) is 6.20 Å². The summed E-state index contributed by atoms with van der Waals surface area (Å²) >= 11 is 0. The van der Waals surface area contributed by atoms with Crippen LogP contribution < -0.4 is 4.72 Å². The van der Waals surface area contributed by atoms with E-state index in [9.17, 15) is 13.2 Å². The number of nitrogens with one attached hydrogen (secondary N) is 1. The van der Waals surface area contributed by atoms with Crippen LogP contribution in [0.25, 0.3) is 0 Å². The van der Waals surface area contributed by atoms with Crippen molar-refractivity contribution in [3.8, 4) is 6.07 Å². The lowest BCUT2D eigenvalue weighted by Crippen LogP contribution is -2.25. The zero-order chi connectivity index (χ0) is 14.3. The Morgan fingerprint density at radius 1 is 1.42 bits per heavy atom. The van der Waals surface area contributed by atoms with Crippen molar-refractivity contribution in [3.05, 3.63) is 24.0 Å². The number of rotatable bonds is 7. The molecule has 0 saturated carbocycles. The summed E-state index contributed by atoms with van der Waals surface area (Å²) in [5.74, 6) is -0.904. The van der Waals surface area contributed by atoms with Gasteiger partial charge in [-0.15, -0.1) is 0 Å². The molecule has 0 bridgehead atoms. The maximum atomic E-state index is 11.8. The molecule has 0 saturated heterocycles. The molecular weight excluding hydrogens is 270 g/mol. The number of aliphatic carboxylic acids is 1. The van der Waals surface area contributed by atoms with Crippen LogP contribution in [0.3, 0.4) is 0 Å². The molecule has 2 N–H and O–H groups in total. The highest BCUT2D eigenvalue weighted by Crippen LogP contribution is 2.07. The summed E-state index contributed by atoms with van der Waals surface area (Å²) < 4.78 is 25.9. The number of unbranched alkanes of at least 4 members (excludes halogenated alkanes) is 1. The molecule has 102 valence electrons. The van der Waals surface area contributed by atoms with Gasteiger partial charge in [-0.25, -0.2) is 18.1 Å². The minimum atomic E-state index is -3.66. The zero-order valence-corrected chi connectivity index (χ0v) is 10.9. The molecule has 0 aliphatic carbocycles. The molecule has 0 radical (unpaired) electrons. The van der Waals surface area contributed by atoms with Crippen LogP contribution in [-0.2, 0) is 14.8 Å². The van der Waals surface area contributed by atoms with Gasteiger partial charge in [0.05, 0.1) is 0 Å². The van der Waals surface area contributed by atoms with Gasteiger partial charge in [-0.2, -0.15) is 5.26 Å². The molecule has 1 heterocycles. The summed E-state index contributed by atoms with van der Waals surface area (Å²) in [7, 11) is -3.66. The van der Waals surface area contributed by atoms with Crippen molar-refractivity contribution in [2.45, 2.75) is 24.2 Å². The lowest BCUT2D eigenvalue weighted by atomic mass is 10.2. The lowest BCUT2D eigenvalue weighted by Gasteiger charge is -2.05. The van der Waals surface area contributed by atoms with Crippen molar-refractivity contribution >= 4 is 16.0 Å². The average molecular weight is 283 g/mol. The van der Waals surface area contributed by atoms with E-state index in [1.165, 1.54) is 12.1 Å². The van der Waals surface area contributed by atoms with E-state index >= 15 is 0 Å². The normalized spacial score (nSPS) is 10.9. The Balaban J connectivity index is 2.51. The topological polar surface area (TPSA) is 120 Å². The predicted octanol–water partition coefficient (Wildman–Crippen LogP) is 0.486. The molecule has 7 nitrogen and oxygen atoms in total. The van der Waals surface area contributed by atoms with Gasteiger partial charge in [-0.1, -0.05) is 0 Å². The molecule has 0 unspecified atom stereocenters. The van der Waals surface area contributed by atoms with Crippen LogP contribution in [0.1, 0.15) is 25.0 Å². The number of sulfonamides is 1. The third-order valence-electron chi connectivity index (χ3n) is 2.27. The first-order valence-electron chi connectivity index (χ1n) is 5.53. The maximum absolute atomic E-state index is 11.8. The fourth-order valence-electron chi connectivity index (χ4n) is 1.30. The minimum Gasteiger partial charge on any atom is -0.481 e. The van der Waals surface area contributed by atoms with Crippen molar-refractivity contribution < 1.29 is 18.3 Å². The minimum absolute atomic E-state index is 0.0140. The predicted molar refractivity (Wildman–Crippen MR) is 65.6 cm³/mol. The average Bonchev–Trinajstić information content (AvgIpc) is 2.38. The van der Waals surface area contributed by atoms with Crippen molar-refractivity contribution in [1.29, 1.82) is 5.26 Å². The summed E-state index contributed by atoms with van der Waals surface area (Å²) in [6.45, 7) is 0.162. The summed E-state index contributed by atoms with van der Waals surface area (Å²) in [6, 6.07) is 4.41. The van der Waals surface area contributed by atoms with Crippen LogP contribution in [0.15, 0.2) is 23.2 Å². The number of carbonyl (C=O) groups is 1. The highest BCUT2D eigenvalue weighted by molar-refractivity contribution is 7.89. The van der Waals surface area contributed by atoms with Crippen molar-refractivity contribution in [3.63, 3.8) is 0 Å². The van der Waals surface area contributed by atoms with Gasteiger partial charge in [0, 0.05) is 19.2 Å². The summed E-state index contributed by atoms with van der Waals surface area (Å²) in [5.41, 5.74) is 0.139. The standard InChI is InChI=1S/C11H13N3O4S/c12-7-9-4-5-10(8-13-9)19(17,18)14-6-2-1-3-11(15)16/h4-5,8,14H,1-3,6H2,(H,15,16). The Hall–Kier alpha value is -1.98. The largest absolute Gasteiger partial charge is 0.481 e. The van der Waals surface area contributed by atoms with Crippen molar-refractivity contribution in [2.24, 2.45) is 0 Å². The second kappa shape index (κ2) is 6.82. The SMILES string of the molecule is N#Cc1ccc(S(=O)(=O)NCCCCC(=O)O)cn1. The molecule has 0 spiro atoms.